The van der Waals surface area contributed by atoms with E-state index in [0.29, 0.717) is 6.07 Å². The maximum atomic E-state index is 13.2. The number of benzene rings is 1. The average Bonchev–Trinajstić information content (AvgIpc) is 2.14. The molecule has 0 fully saturated rings. The van der Waals surface area contributed by atoms with E-state index in [4.69, 9.17) is 0 Å². The van der Waals surface area contributed by atoms with Gasteiger partial charge >= 0.3 is 5.97 Å². The molecule has 0 unspecified atom stereocenters. The van der Waals surface area contributed by atoms with E-state index in [1.165, 1.54) is 0 Å². The SMILES string of the molecule is COC(=O)C(=O)c1c(F)cc(F)cc1Br. The molecule has 0 aromatic heterocycles. The van der Waals surface area contributed by atoms with Crippen LogP contribution in [0.15, 0.2) is 16.6 Å². The number of halogens is 3. The van der Waals surface area contributed by atoms with E-state index in [1.807, 2.05) is 0 Å². The average molecular weight is 279 g/mol. The van der Waals surface area contributed by atoms with E-state index in [2.05, 4.69) is 20.7 Å². The Morgan fingerprint density at radius 2 is 1.93 bits per heavy atom. The summed E-state index contributed by atoms with van der Waals surface area (Å²) in [7, 11) is 0.996. The summed E-state index contributed by atoms with van der Waals surface area (Å²) in [4.78, 5) is 22.1. The van der Waals surface area contributed by atoms with Crippen LogP contribution >= 0.6 is 15.9 Å². The maximum Gasteiger partial charge on any atom is 0.379 e. The van der Waals surface area contributed by atoms with Crippen LogP contribution in [0.4, 0.5) is 8.78 Å². The van der Waals surface area contributed by atoms with Crippen molar-refractivity contribution in [1.29, 1.82) is 0 Å². The van der Waals surface area contributed by atoms with Gasteiger partial charge in [0.2, 0.25) is 0 Å². The van der Waals surface area contributed by atoms with Crippen molar-refractivity contribution in [2.24, 2.45) is 0 Å². The van der Waals surface area contributed by atoms with Crippen molar-refractivity contribution >= 4 is 27.7 Å². The van der Waals surface area contributed by atoms with E-state index >= 15 is 0 Å². The Morgan fingerprint density at radius 3 is 2.40 bits per heavy atom. The molecule has 0 heterocycles. The molecule has 0 saturated heterocycles. The first-order valence-electron chi connectivity index (χ1n) is 3.74. The number of hydrogen-bond acceptors (Lipinski definition) is 3. The molecule has 0 bridgehead atoms. The summed E-state index contributed by atoms with van der Waals surface area (Å²) in [6.07, 6.45) is 0. The highest BCUT2D eigenvalue weighted by Crippen LogP contribution is 2.22. The van der Waals surface area contributed by atoms with Crippen LogP contribution in [0.25, 0.3) is 0 Å². The van der Waals surface area contributed by atoms with Gasteiger partial charge in [0.1, 0.15) is 11.6 Å². The zero-order chi connectivity index (χ0) is 11.6. The van der Waals surface area contributed by atoms with Crippen molar-refractivity contribution in [3.63, 3.8) is 0 Å². The zero-order valence-electron chi connectivity index (χ0n) is 7.51. The lowest BCUT2D eigenvalue weighted by atomic mass is 10.1. The second-order valence-corrected chi connectivity index (χ2v) is 3.42. The number of ketones is 1. The van der Waals surface area contributed by atoms with Crippen LogP contribution < -0.4 is 0 Å². The van der Waals surface area contributed by atoms with E-state index in [9.17, 15) is 18.4 Å². The number of carbonyl (C=O) groups is 2. The van der Waals surface area contributed by atoms with Crippen molar-refractivity contribution in [3.05, 3.63) is 33.8 Å². The van der Waals surface area contributed by atoms with Crippen molar-refractivity contribution in [2.75, 3.05) is 7.11 Å². The molecule has 3 nitrogen and oxygen atoms in total. The lowest BCUT2D eigenvalue weighted by Crippen LogP contribution is -2.18. The van der Waals surface area contributed by atoms with E-state index < -0.39 is 29.0 Å². The Bertz CT molecular complexity index is 408. The molecule has 80 valence electrons. The van der Waals surface area contributed by atoms with E-state index in [0.717, 1.165) is 13.2 Å². The Hall–Kier alpha value is -1.30. The number of methoxy groups -OCH3 is 1. The molecule has 0 aliphatic carbocycles. The first kappa shape index (κ1) is 11.8. The van der Waals surface area contributed by atoms with Crippen LogP contribution in [0.2, 0.25) is 0 Å². The first-order valence-corrected chi connectivity index (χ1v) is 4.54. The van der Waals surface area contributed by atoms with Crippen LogP contribution in [0.5, 0.6) is 0 Å². The molecule has 0 aliphatic heterocycles. The second kappa shape index (κ2) is 4.48. The lowest BCUT2D eigenvalue weighted by Gasteiger charge is -2.03. The van der Waals surface area contributed by atoms with Gasteiger partial charge in [-0.3, -0.25) is 4.79 Å². The number of Topliss-reactive ketones (excluding diaryl/α,β-unsaturated/α-hetero) is 1. The van der Waals surface area contributed by atoms with Gasteiger partial charge in [0.25, 0.3) is 5.78 Å². The van der Waals surface area contributed by atoms with Crippen LogP contribution in [-0.2, 0) is 9.53 Å². The Labute approximate surface area is 92.2 Å². The number of hydrogen-bond donors (Lipinski definition) is 0. The smallest absolute Gasteiger partial charge is 0.379 e. The molecule has 1 rings (SSSR count). The van der Waals surface area contributed by atoms with E-state index in [-0.39, 0.29) is 4.47 Å². The molecular weight excluding hydrogens is 274 g/mol. The van der Waals surface area contributed by atoms with Gasteiger partial charge in [-0.05, 0) is 22.0 Å². The topological polar surface area (TPSA) is 43.4 Å². The molecule has 0 amide bonds. The maximum absolute atomic E-state index is 13.2. The lowest BCUT2D eigenvalue weighted by molar-refractivity contribution is -0.135. The molecule has 0 aliphatic rings. The highest BCUT2D eigenvalue weighted by molar-refractivity contribution is 9.10. The molecule has 0 N–H and O–H groups in total. The molecular formula is C9H5BrF2O3. The Kier molecular flexibility index (Phi) is 3.52. The Balaban J connectivity index is 3.26. The predicted octanol–water partition coefficient (Wildman–Crippen LogP) is 2.08. The van der Waals surface area contributed by atoms with Gasteiger partial charge in [-0.15, -0.1) is 0 Å². The monoisotopic (exact) mass is 278 g/mol. The minimum atomic E-state index is -1.21. The van der Waals surface area contributed by atoms with Crippen molar-refractivity contribution in [3.8, 4) is 0 Å². The fourth-order valence-corrected chi connectivity index (χ4v) is 1.54. The minimum absolute atomic E-state index is 0.129. The van der Waals surface area contributed by atoms with Gasteiger partial charge in [-0.2, -0.15) is 0 Å². The second-order valence-electron chi connectivity index (χ2n) is 2.57. The summed E-state index contributed by atoms with van der Waals surface area (Å²) < 4.78 is 29.8. The summed E-state index contributed by atoms with van der Waals surface area (Å²) in [6, 6.07) is 1.40. The first-order chi connectivity index (χ1) is 6.97. The third-order valence-electron chi connectivity index (χ3n) is 1.60. The summed E-state index contributed by atoms with van der Waals surface area (Å²) in [5.74, 6) is -4.33. The predicted molar refractivity (Wildman–Crippen MR) is 50.4 cm³/mol. The summed E-state index contributed by atoms with van der Waals surface area (Å²) in [5, 5.41) is 0. The zero-order valence-corrected chi connectivity index (χ0v) is 9.10. The largest absolute Gasteiger partial charge is 0.463 e. The molecule has 0 atom stereocenters. The summed E-state index contributed by atoms with van der Waals surface area (Å²) >= 11 is 2.79. The van der Waals surface area contributed by atoms with Crippen LogP contribution in [0, 0.1) is 11.6 Å². The normalized spacial score (nSPS) is 9.87. The van der Waals surface area contributed by atoms with Crippen LogP contribution in [0.1, 0.15) is 10.4 Å². The number of ether oxygens (including phenoxy) is 1. The quantitative estimate of drug-likeness (QED) is 0.473. The fraction of sp³-hybridized carbons (Fsp3) is 0.111. The van der Waals surface area contributed by atoms with Crippen molar-refractivity contribution in [1.82, 2.24) is 0 Å². The van der Waals surface area contributed by atoms with Gasteiger partial charge in [0, 0.05) is 10.5 Å². The van der Waals surface area contributed by atoms with Gasteiger partial charge in [0.15, 0.2) is 0 Å². The standard InChI is InChI=1S/C9H5BrF2O3/c1-15-9(14)8(13)7-5(10)2-4(11)3-6(7)12/h2-3H,1H3. The van der Waals surface area contributed by atoms with Crippen LogP contribution in [0.3, 0.4) is 0 Å². The highest BCUT2D eigenvalue weighted by Gasteiger charge is 2.24. The molecule has 0 spiro atoms. The number of esters is 1. The molecule has 1 aromatic carbocycles. The molecule has 15 heavy (non-hydrogen) atoms. The van der Waals surface area contributed by atoms with Gasteiger partial charge in [-0.1, -0.05) is 0 Å². The number of carbonyl (C=O) groups excluding carboxylic acids is 2. The molecule has 1 aromatic rings. The summed E-state index contributed by atoms with van der Waals surface area (Å²) in [5.41, 5.74) is -0.539. The molecule has 0 saturated carbocycles. The third kappa shape index (κ3) is 2.38. The van der Waals surface area contributed by atoms with Gasteiger partial charge in [0.05, 0.1) is 12.7 Å². The van der Waals surface area contributed by atoms with Crippen LogP contribution in [-0.4, -0.2) is 18.9 Å². The van der Waals surface area contributed by atoms with Crippen molar-refractivity contribution in [2.45, 2.75) is 0 Å². The molecule has 0 radical (unpaired) electrons. The third-order valence-corrected chi connectivity index (χ3v) is 2.23. The minimum Gasteiger partial charge on any atom is -0.463 e. The van der Waals surface area contributed by atoms with E-state index in [1.54, 1.807) is 0 Å². The van der Waals surface area contributed by atoms with Gasteiger partial charge in [-0.25, -0.2) is 13.6 Å². The number of rotatable bonds is 2. The molecule has 6 heteroatoms. The van der Waals surface area contributed by atoms with Crippen molar-refractivity contribution < 1.29 is 23.1 Å². The Morgan fingerprint density at radius 1 is 1.33 bits per heavy atom. The fourth-order valence-electron chi connectivity index (χ4n) is 0.954. The van der Waals surface area contributed by atoms with Gasteiger partial charge < -0.3 is 4.74 Å². The highest BCUT2D eigenvalue weighted by atomic mass is 79.9. The summed E-state index contributed by atoms with van der Waals surface area (Å²) in [6.45, 7) is 0.